The van der Waals surface area contributed by atoms with E-state index in [1.54, 1.807) is 7.11 Å². The summed E-state index contributed by atoms with van der Waals surface area (Å²) in [5.41, 5.74) is 8.98. The van der Waals surface area contributed by atoms with E-state index in [-0.39, 0.29) is 0 Å². The standard InChI is InChI=1S/C17H28N2O2/c1-12-9-19-16(13(2)17(12)20-3)11-21-10-15-7-5-4-6-14(15)8-18/h9,14-15H,4-8,10-11,18H2,1-3H3. The van der Waals surface area contributed by atoms with Crippen molar-refractivity contribution in [1.82, 2.24) is 4.98 Å². The van der Waals surface area contributed by atoms with Crippen molar-refractivity contribution in [2.24, 2.45) is 17.6 Å². The maximum atomic E-state index is 5.94. The summed E-state index contributed by atoms with van der Waals surface area (Å²) >= 11 is 0. The molecule has 2 unspecified atom stereocenters. The Morgan fingerprint density at radius 3 is 2.62 bits per heavy atom. The number of methoxy groups -OCH3 is 1. The molecule has 2 N–H and O–H groups in total. The van der Waals surface area contributed by atoms with Gasteiger partial charge in [-0.1, -0.05) is 12.8 Å². The molecule has 21 heavy (non-hydrogen) atoms. The van der Waals surface area contributed by atoms with Gasteiger partial charge in [0.1, 0.15) is 5.75 Å². The summed E-state index contributed by atoms with van der Waals surface area (Å²) in [6.07, 6.45) is 6.97. The van der Waals surface area contributed by atoms with E-state index in [1.165, 1.54) is 25.7 Å². The lowest BCUT2D eigenvalue weighted by molar-refractivity contribution is 0.0493. The Morgan fingerprint density at radius 1 is 1.24 bits per heavy atom. The zero-order valence-electron chi connectivity index (χ0n) is 13.5. The van der Waals surface area contributed by atoms with Crippen LogP contribution < -0.4 is 10.5 Å². The molecule has 4 nitrogen and oxygen atoms in total. The fraction of sp³-hybridized carbons (Fsp3) is 0.706. The van der Waals surface area contributed by atoms with Gasteiger partial charge in [0.15, 0.2) is 0 Å². The van der Waals surface area contributed by atoms with Crippen LogP contribution in [0.5, 0.6) is 5.75 Å². The summed E-state index contributed by atoms with van der Waals surface area (Å²) in [5.74, 6) is 2.15. The lowest BCUT2D eigenvalue weighted by Crippen LogP contribution is -2.29. The van der Waals surface area contributed by atoms with Crippen LogP contribution in [0.4, 0.5) is 0 Å². The number of aromatic nitrogens is 1. The van der Waals surface area contributed by atoms with Crippen molar-refractivity contribution < 1.29 is 9.47 Å². The average Bonchev–Trinajstić information content (AvgIpc) is 2.50. The molecule has 0 amide bonds. The van der Waals surface area contributed by atoms with Crippen LogP contribution in [0.3, 0.4) is 0 Å². The zero-order chi connectivity index (χ0) is 15.2. The second kappa shape index (κ2) is 7.76. The number of nitrogens with zero attached hydrogens (tertiary/aromatic N) is 1. The van der Waals surface area contributed by atoms with Gasteiger partial charge in [-0.25, -0.2) is 0 Å². The molecule has 1 aromatic rings. The van der Waals surface area contributed by atoms with Crippen LogP contribution in [0, 0.1) is 25.7 Å². The first-order chi connectivity index (χ1) is 10.2. The molecule has 118 valence electrons. The van der Waals surface area contributed by atoms with Crippen molar-refractivity contribution in [3.63, 3.8) is 0 Å². The quantitative estimate of drug-likeness (QED) is 0.875. The van der Waals surface area contributed by atoms with Gasteiger partial charge in [-0.15, -0.1) is 0 Å². The number of aryl methyl sites for hydroxylation is 1. The molecule has 1 fully saturated rings. The topological polar surface area (TPSA) is 57.4 Å². The van der Waals surface area contributed by atoms with Crippen LogP contribution in [0.25, 0.3) is 0 Å². The minimum absolute atomic E-state index is 0.552. The smallest absolute Gasteiger partial charge is 0.128 e. The molecule has 1 aromatic heterocycles. The minimum atomic E-state index is 0.552. The molecule has 0 radical (unpaired) electrons. The summed E-state index contributed by atoms with van der Waals surface area (Å²) < 4.78 is 11.4. The predicted octanol–water partition coefficient (Wildman–Crippen LogP) is 2.99. The van der Waals surface area contributed by atoms with Gasteiger partial charge >= 0.3 is 0 Å². The maximum absolute atomic E-state index is 5.94. The molecule has 0 aliphatic heterocycles. The second-order valence-electron chi connectivity index (χ2n) is 6.10. The van der Waals surface area contributed by atoms with E-state index in [2.05, 4.69) is 4.98 Å². The third-order valence-electron chi connectivity index (χ3n) is 4.69. The summed E-state index contributed by atoms with van der Waals surface area (Å²) in [6, 6.07) is 0. The molecular formula is C17H28N2O2. The molecular weight excluding hydrogens is 264 g/mol. The first-order valence-electron chi connectivity index (χ1n) is 7.94. The highest BCUT2D eigenvalue weighted by Crippen LogP contribution is 2.30. The Kier molecular flexibility index (Phi) is 6.00. The highest BCUT2D eigenvalue weighted by atomic mass is 16.5. The van der Waals surface area contributed by atoms with Gasteiger partial charge in [0, 0.05) is 17.3 Å². The number of nitrogens with two attached hydrogens (primary N) is 1. The summed E-state index contributed by atoms with van der Waals surface area (Å²) in [4.78, 5) is 4.48. The van der Waals surface area contributed by atoms with E-state index in [0.29, 0.717) is 18.4 Å². The van der Waals surface area contributed by atoms with Gasteiger partial charge in [-0.2, -0.15) is 0 Å². The molecule has 1 heterocycles. The molecule has 1 saturated carbocycles. The fourth-order valence-electron chi connectivity index (χ4n) is 3.34. The fourth-order valence-corrected chi connectivity index (χ4v) is 3.34. The summed E-state index contributed by atoms with van der Waals surface area (Å²) in [6.45, 7) is 6.18. The second-order valence-corrected chi connectivity index (χ2v) is 6.10. The largest absolute Gasteiger partial charge is 0.496 e. The molecule has 0 spiro atoms. The van der Waals surface area contributed by atoms with E-state index in [0.717, 1.165) is 35.7 Å². The molecule has 0 saturated heterocycles. The molecule has 0 bridgehead atoms. The Bertz CT molecular complexity index is 462. The van der Waals surface area contributed by atoms with Crippen LogP contribution in [0.1, 0.15) is 42.5 Å². The van der Waals surface area contributed by atoms with Crippen LogP contribution >= 0.6 is 0 Å². The third-order valence-corrected chi connectivity index (χ3v) is 4.69. The van der Waals surface area contributed by atoms with E-state index in [9.17, 15) is 0 Å². The van der Waals surface area contributed by atoms with Gasteiger partial charge in [0.05, 0.1) is 26.0 Å². The number of rotatable bonds is 6. The van der Waals surface area contributed by atoms with Crippen molar-refractivity contribution >= 4 is 0 Å². The monoisotopic (exact) mass is 292 g/mol. The first kappa shape index (κ1) is 16.2. The predicted molar refractivity (Wildman–Crippen MR) is 84.4 cm³/mol. The van der Waals surface area contributed by atoms with Crippen LogP contribution in [0.2, 0.25) is 0 Å². The molecule has 0 aromatic carbocycles. The normalized spacial score (nSPS) is 22.3. The number of ether oxygens (including phenoxy) is 2. The summed E-state index contributed by atoms with van der Waals surface area (Å²) in [5, 5.41) is 0. The van der Waals surface area contributed by atoms with Crippen molar-refractivity contribution in [3.05, 3.63) is 23.0 Å². The molecule has 1 aliphatic rings. The lowest BCUT2D eigenvalue weighted by Gasteiger charge is -2.30. The Hall–Kier alpha value is -1.13. The maximum Gasteiger partial charge on any atom is 0.128 e. The van der Waals surface area contributed by atoms with Crippen LogP contribution in [0.15, 0.2) is 6.20 Å². The Balaban J connectivity index is 1.91. The first-order valence-corrected chi connectivity index (χ1v) is 7.94. The van der Waals surface area contributed by atoms with Gasteiger partial charge in [-0.3, -0.25) is 4.98 Å². The van der Waals surface area contributed by atoms with Crippen molar-refractivity contribution in [2.45, 2.75) is 46.1 Å². The van der Waals surface area contributed by atoms with Crippen molar-refractivity contribution in [1.29, 1.82) is 0 Å². The van der Waals surface area contributed by atoms with E-state index < -0.39 is 0 Å². The van der Waals surface area contributed by atoms with Crippen molar-refractivity contribution in [2.75, 3.05) is 20.3 Å². The Labute approximate surface area is 128 Å². The number of hydrogen-bond donors (Lipinski definition) is 1. The zero-order valence-corrected chi connectivity index (χ0v) is 13.5. The highest BCUT2D eigenvalue weighted by Gasteiger charge is 2.24. The number of hydrogen-bond acceptors (Lipinski definition) is 4. The van der Waals surface area contributed by atoms with Crippen LogP contribution in [-0.2, 0) is 11.3 Å². The van der Waals surface area contributed by atoms with Gasteiger partial charge in [0.2, 0.25) is 0 Å². The summed E-state index contributed by atoms with van der Waals surface area (Å²) in [7, 11) is 1.70. The van der Waals surface area contributed by atoms with Crippen molar-refractivity contribution in [3.8, 4) is 5.75 Å². The van der Waals surface area contributed by atoms with Gasteiger partial charge in [-0.05, 0) is 45.1 Å². The van der Waals surface area contributed by atoms with Crippen LogP contribution in [-0.4, -0.2) is 25.2 Å². The van der Waals surface area contributed by atoms with E-state index in [1.807, 2.05) is 20.0 Å². The number of pyridine rings is 1. The Morgan fingerprint density at radius 2 is 1.95 bits per heavy atom. The molecule has 4 heteroatoms. The minimum Gasteiger partial charge on any atom is -0.496 e. The van der Waals surface area contributed by atoms with Gasteiger partial charge < -0.3 is 15.2 Å². The SMILES string of the molecule is COc1c(C)cnc(COCC2CCCCC2CN)c1C. The molecule has 2 atom stereocenters. The highest BCUT2D eigenvalue weighted by molar-refractivity contribution is 5.40. The van der Waals surface area contributed by atoms with Gasteiger partial charge in [0.25, 0.3) is 0 Å². The molecule has 2 rings (SSSR count). The average molecular weight is 292 g/mol. The molecule has 1 aliphatic carbocycles. The van der Waals surface area contributed by atoms with E-state index >= 15 is 0 Å². The third kappa shape index (κ3) is 3.95. The van der Waals surface area contributed by atoms with E-state index in [4.69, 9.17) is 15.2 Å². The lowest BCUT2D eigenvalue weighted by atomic mass is 9.80.